The Labute approximate surface area is 92.7 Å². The van der Waals surface area contributed by atoms with Crippen LogP contribution >= 0.6 is 12.4 Å². The summed E-state index contributed by atoms with van der Waals surface area (Å²) in [6, 6.07) is 0. The molecule has 0 aliphatic heterocycles. The predicted molar refractivity (Wildman–Crippen MR) is 7.25 cm³/mol. The molecular formula is HCeClPtRu. The molecule has 0 aliphatic rings. The van der Waals surface area contributed by atoms with Crippen molar-refractivity contribution >= 4 is 12.4 Å². The van der Waals surface area contributed by atoms with Gasteiger partial charge in [-0.3, -0.25) is 0 Å². The van der Waals surface area contributed by atoms with Crippen molar-refractivity contribution in [2.75, 3.05) is 0 Å². The van der Waals surface area contributed by atoms with Crippen LogP contribution in [0.5, 0.6) is 0 Å². The van der Waals surface area contributed by atoms with Crippen molar-refractivity contribution in [3.8, 4) is 0 Å². The second kappa shape index (κ2) is 16.7. The maximum Gasteiger partial charge on any atom is 0 e. The molecule has 0 atom stereocenters. The molecule has 0 heterocycles. The normalized spacial score (nSPS) is 0. The Kier molecular flexibility index (Phi) is 117. The first-order chi connectivity index (χ1) is 0. The zero-order valence-electron chi connectivity index (χ0n) is 1.58. The first-order valence-corrected chi connectivity index (χ1v) is 0. The Hall–Kier alpha value is 2.98. The summed E-state index contributed by atoms with van der Waals surface area (Å²) in [5, 5.41) is 0. The van der Waals surface area contributed by atoms with Gasteiger partial charge in [0.25, 0.3) is 0 Å². The van der Waals surface area contributed by atoms with Crippen LogP contribution in [0.25, 0.3) is 0 Å². The molecule has 30 valence electrons. The van der Waals surface area contributed by atoms with Gasteiger partial charge in [-0.15, -0.1) is 12.4 Å². The van der Waals surface area contributed by atoms with E-state index in [4.69, 9.17) is 0 Å². The average Bonchev–Trinajstić information content (AvgIpc) is 0. The molecule has 0 saturated heterocycles. The van der Waals surface area contributed by atoms with Crippen molar-refractivity contribution in [2.24, 2.45) is 0 Å². The van der Waals surface area contributed by atoms with E-state index in [0.717, 1.165) is 0 Å². The van der Waals surface area contributed by atoms with Crippen LogP contribution in [0.2, 0.25) is 0 Å². The molecule has 0 saturated carbocycles. The van der Waals surface area contributed by atoms with E-state index in [1.54, 1.807) is 0 Å². The smallest absolute Gasteiger partial charge is 0 e. The summed E-state index contributed by atoms with van der Waals surface area (Å²) >= 11 is 0. The molecule has 0 aliphatic carbocycles. The van der Waals surface area contributed by atoms with E-state index in [1.165, 1.54) is 0 Å². The molecule has 0 aromatic rings. The minimum Gasteiger partial charge on any atom is -0.147 e. The number of rotatable bonds is 0. The maximum absolute atomic E-state index is 0. The van der Waals surface area contributed by atoms with Gasteiger partial charge in [0.05, 0.1) is 0 Å². The summed E-state index contributed by atoms with van der Waals surface area (Å²) in [5.74, 6) is 0. The summed E-state index contributed by atoms with van der Waals surface area (Å²) in [5.41, 5.74) is 0. The van der Waals surface area contributed by atoms with Gasteiger partial charge in [-0.05, 0) is 0 Å². The zero-order chi connectivity index (χ0) is 0. The van der Waals surface area contributed by atoms with Gasteiger partial charge in [0.2, 0.25) is 0 Å². The summed E-state index contributed by atoms with van der Waals surface area (Å²) < 4.78 is 0. The molecule has 0 unspecified atom stereocenters. The first kappa shape index (κ1) is 28.1. The summed E-state index contributed by atoms with van der Waals surface area (Å²) in [7, 11) is 0. The molecule has 0 aromatic heterocycles. The van der Waals surface area contributed by atoms with E-state index in [9.17, 15) is 0 Å². The van der Waals surface area contributed by atoms with Crippen LogP contribution in [0, 0.1) is 41.7 Å². The van der Waals surface area contributed by atoms with Crippen LogP contribution in [0.3, 0.4) is 0 Å². The molecule has 4 heteroatoms. The molecule has 0 amide bonds. The average molecular weight is 473 g/mol. The van der Waals surface area contributed by atoms with Crippen LogP contribution in [0.1, 0.15) is 0 Å². The molecule has 0 aromatic carbocycles. The van der Waals surface area contributed by atoms with E-state index < -0.39 is 0 Å². The van der Waals surface area contributed by atoms with Crippen molar-refractivity contribution < 1.29 is 82.3 Å². The van der Waals surface area contributed by atoms with Gasteiger partial charge in [0, 0.05) is 82.3 Å². The van der Waals surface area contributed by atoms with E-state index >= 15 is 0 Å². The molecule has 0 spiro atoms. The van der Waals surface area contributed by atoms with Gasteiger partial charge in [0.15, 0.2) is 0 Å². The van der Waals surface area contributed by atoms with Gasteiger partial charge in [-0.1, -0.05) is 0 Å². The minimum atomic E-state index is 0. The minimum absolute atomic E-state index is 0. The third-order valence-electron chi connectivity index (χ3n) is 0. The molecule has 0 N–H and O–H groups in total. The fraction of sp³-hybridized carbons (Fsp3) is 0. The van der Waals surface area contributed by atoms with Gasteiger partial charge >= 0.3 is 0 Å². The predicted octanol–water partition coefficient (Wildman–Crippen LogP) is 0.417. The number of halogens is 1. The third-order valence-corrected chi connectivity index (χ3v) is 0. The molecule has 0 bridgehead atoms. The molecule has 0 rings (SSSR count). The van der Waals surface area contributed by atoms with Gasteiger partial charge < -0.3 is 0 Å². The summed E-state index contributed by atoms with van der Waals surface area (Å²) in [4.78, 5) is 0. The van der Waals surface area contributed by atoms with E-state index in [-0.39, 0.29) is 94.7 Å². The topological polar surface area (TPSA) is 0 Å². The second-order valence-corrected chi connectivity index (χ2v) is 0. The van der Waals surface area contributed by atoms with Gasteiger partial charge in [-0.2, -0.15) is 0 Å². The van der Waals surface area contributed by atoms with Crippen LogP contribution in [-0.2, 0) is 40.5 Å². The maximum atomic E-state index is 0. The fourth-order valence-corrected chi connectivity index (χ4v) is 0. The third kappa shape index (κ3) is 8.88. The Morgan fingerprint density at radius 3 is 1.00 bits per heavy atom. The Morgan fingerprint density at radius 1 is 1.00 bits per heavy atom. The van der Waals surface area contributed by atoms with E-state index in [1.807, 2.05) is 0 Å². The van der Waals surface area contributed by atoms with Gasteiger partial charge in [0.1, 0.15) is 0 Å². The van der Waals surface area contributed by atoms with Crippen LogP contribution in [0.4, 0.5) is 0 Å². The molecule has 0 nitrogen and oxygen atoms in total. The molecule has 4 heavy (non-hydrogen) atoms. The fourth-order valence-electron chi connectivity index (χ4n) is 0. The quantitative estimate of drug-likeness (QED) is 0.449. The number of hydrogen-bond donors (Lipinski definition) is 0. The number of hydrogen-bond acceptors (Lipinski definition) is 0. The Balaban J connectivity index is 0. The van der Waals surface area contributed by atoms with Crippen molar-refractivity contribution in [1.29, 1.82) is 0 Å². The zero-order valence-corrected chi connectivity index (χ0v) is 9.54. The monoisotopic (exact) mass is 473 g/mol. The summed E-state index contributed by atoms with van der Waals surface area (Å²) in [6.07, 6.45) is 0. The van der Waals surface area contributed by atoms with Crippen molar-refractivity contribution in [1.82, 2.24) is 0 Å². The van der Waals surface area contributed by atoms with E-state index in [2.05, 4.69) is 0 Å². The second-order valence-electron chi connectivity index (χ2n) is 0. The Morgan fingerprint density at radius 2 is 1.00 bits per heavy atom. The largest absolute Gasteiger partial charge is 0.147 e. The van der Waals surface area contributed by atoms with Crippen molar-refractivity contribution in [2.45, 2.75) is 0 Å². The van der Waals surface area contributed by atoms with Crippen LogP contribution in [-0.4, -0.2) is 0 Å². The van der Waals surface area contributed by atoms with Crippen molar-refractivity contribution in [3.63, 3.8) is 0 Å². The van der Waals surface area contributed by atoms with E-state index in [0.29, 0.717) is 0 Å². The molecule has 0 fully saturated rings. The molecule has 0 radical (unpaired) electrons. The first-order valence-electron chi connectivity index (χ1n) is 0. The SMILES string of the molecule is Cl.[Ce].[Pt].[Ru]. The van der Waals surface area contributed by atoms with Crippen molar-refractivity contribution in [3.05, 3.63) is 0 Å². The summed E-state index contributed by atoms with van der Waals surface area (Å²) in [6.45, 7) is 0. The van der Waals surface area contributed by atoms with Gasteiger partial charge in [-0.25, -0.2) is 0 Å². The molecular weight excluding hydrogens is 472 g/mol. The standard InChI is InChI=1S/Ce.ClH.Pt.Ru/h;1H;;. The van der Waals surface area contributed by atoms with Crippen LogP contribution < -0.4 is 0 Å². The Bertz CT molecular complexity index is 8.00. The van der Waals surface area contributed by atoms with Crippen LogP contribution in [0.15, 0.2) is 0 Å².